The molecule has 5 rings (SSSR count). The second kappa shape index (κ2) is 11.3. The zero-order valence-electron chi connectivity index (χ0n) is 21.3. The van der Waals surface area contributed by atoms with Gasteiger partial charge in [0.15, 0.2) is 17.4 Å². The first kappa shape index (κ1) is 25.8. The molecule has 7 nitrogen and oxygen atoms in total. The maximum atomic E-state index is 12.9. The van der Waals surface area contributed by atoms with Gasteiger partial charge in [-0.3, -0.25) is 14.6 Å². The van der Waals surface area contributed by atoms with Crippen molar-refractivity contribution < 1.29 is 9.59 Å². The second-order valence-electron chi connectivity index (χ2n) is 9.13. The predicted molar refractivity (Wildman–Crippen MR) is 157 cm³/mol. The van der Waals surface area contributed by atoms with Crippen molar-refractivity contribution in [2.75, 3.05) is 17.6 Å². The molecule has 0 saturated carbocycles. The van der Waals surface area contributed by atoms with Gasteiger partial charge in [0.1, 0.15) is 11.2 Å². The molecule has 1 aliphatic carbocycles. The zero-order chi connectivity index (χ0) is 26.6. The van der Waals surface area contributed by atoms with E-state index in [9.17, 15) is 9.59 Å². The summed E-state index contributed by atoms with van der Waals surface area (Å²) in [6.07, 6.45) is 3.33. The van der Waals surface area contributed by atoms with Crippen molar-refractivity contribution in [2.45, 2.75) is 20.8 Å². The average molecular weight is 542 g/mol. The van der Waals surface area contributed by atoms with Gasteiger partial charge in [-0.05, 0) is 36.6 Å². The molecule has 1 N–H and O–H groups in total. The summed E-state index contributed by atoms with van der Waals surface area (Å²) in [7, 11) is 0. The van der Waals surface area contributed by atoms with Crippen LogP contribution in [-0.2, 0) is 9.59 Å². The van der Waals surface area contributed by atoms with Crippen LogP contribution in [0, 0.1) is 5.92 Å². The predicted octanol–water partition coefficient (Wildman–Crippen LogP) is 6.36. The summed E-state index contributed by atoms with van der Waals surface area (Å²) in [6.45, 7) is 6.17. The Hall–Kier alpha value is -3.82. The number of benzene rings is 2. The Labute approximate surface area is 229 Å². The van der Waals surface area contributed by atoms with Gasteiger partial charge in [-0.15, -0.1) is 11.8 Å². The average Bonchev–Trinajstić information content (AvgIpc) is 3.52. The van der Waals surface area contributed by atoms with Crippen molar-refractivity contribution >= 4 is 57.3 Å². The fraction of sp³-hybridized carbons (Fsp3) is 0.207. The number of hydrogen-bond donors (Lipinski definition) is 1. The number of thioether (sulfide) groups is 1. The number of carbonyl (C=O) groups excluding carboxylic acids is 2. The number of nitrogens with zero attached hydrogens (tertiary/aromatic N) is 4. The van der Waals surface area contributed by atoms with Crippen molar-refractivity contribution in [3.8, 4) is 11.3 Å². The highest BCUT2D eigenvalue weighted by Crippen LogP contribution is 2.33. The van der Waals surface area contributed by atoms with Gasteiger partial charge in [-0.2, -0.15) is 9.61 Å². The Morgan fingerprint density at radius 3 is 2.61 bits per heavy atom. The standard InChI is InChI=1S/C29H27N5O2S2/c1-18(2)23-15-24(35)19(3)27(26(23)36)37-14-13-30-28-25(33-29-34(28)32-17-38-29)21-9-11-22(12-10-21)31-16-20-7-5-4-6-8-20/h4-12,15-18,30H,13-14H2,1-3H3. The lowest BCUT2D eigenvalue weighted by molar-refractivity contribution is -0.115. The smallest absolute Gasteiger partial charge is 0.214 e. The van der Waals surface area contributed by atoms with Crippen molar-refractivity contribution in [3.63, 3.8) is 0 Å². The topological polar surface area (TPSA) is 88.7 Å². The Kier molecular flexibility index (Phi) is 7.67. The SMILES string of the molecule is CC1=C(SCCNc2c(-c3ccc(N=Cc4ccccc4)cc3)nc3scnn23)C(=O)C(C(C)C)=CC1=O. The molecular weight excluding hydrogens is 514 g/mol. The van der Waals surface area contributed by atoms with E-state index >= 15 is 0 Å². The molecule has 2 aromatic carbocycles. The number of ketones is 2. The molecule has 0 saturated heterocycles. The first-order valence-electron chi connectivity index (χ1n) is 12.3. The van der Waals surface area contributed by atoms with Crippen LogP contribution in [0.2, 0.25) is 0 Å². The Bertz CT molecular complexity index is 1580. The van der Waals surface area contributed by atoms with Gasteiger partial charge in [0.2, 0.25) is 4.96 Å². The third-order valence-electron chi connectivity index (χ3n) is 6.18. The van der Waals surface area contributed by atoms with E-state index in [0.29, 0.717) is 28.3 Å². The van der Waals surface area contributed by atoms with Crippen LogP contribution < -0.4 is 5.32 Å². The third-order valence-corrected chi connectivity index (χ3v) is 8.04. The molecule has 0 radical (unpaired) electrons. The third kappa shape index (κ3) is 5.39. The van der Waals surface area contributed by atoms with Crippen LogP contribution in [0.3, 0.4) is 0 Å². The molecular formula is C29H27N5O2S2. The van der Waals surface area contributed by atoms with Crippen LogP contribution in [0.1, 0.15) is 26.3 Å². The van der Waals surface area contributed by atoms with Crippen LogP contribution in [0.5, 0.6) is 0 Å². The maximum Gasteiger partial charge on any atom is 0.214 e. The number of fused-ring (bicyclic) bond motifs is 1. The number of nitrogens with one attached hydrogen (secondary N) is 1. The quantitative estimate of drug-likeness (QED) is 0.151. The Morgan fingerprint density at radius 2 is 1.87 bits per heavy atom. The molecule has 0 bridgehead atoms. The number of allylic oxidation sites excluding steroid dienone is 4. The first-order valence-corrected chi connectivity index (χ1v) is 14.2. The number of anilines is 1. The second-order valence-corrected chi connectivity index (χ2v) is 11.1. The van der Waals surface area contributed by atoms with E-state index in [1.807, 2.05) is 74.7 Å². The van der Waals surface area contributed by atoms with Gasteiger partial charge in [0.25, 0.3) is 0 Å². The number of aliphatic imine (C=N–C) groups is 1. The molecule has 0 spiro atoms. The van der Waals surface area contributed by atoms with E-state index in [-0.39, 0.29) is 17.5 Å². The molecule has 0 amide bonds. The summed E-state index contributed by atoms with van der Waals surface area (Å²) in [5, 5.41) is 7.90. The van der Waals surface area contributed by atoms with Gasteiger partial charge < -0.3 is 5.32 Å². The van der Waals surface area contributed by atoms with Gasteiger partial charge >= 0.3 is 0 Å². The number of carbonyl (C=O) groups is 2. The summed E-state index contributed by atoms with van der Waals surface area (Å²) in [6, 6.07) is 17.9. The number of aromatic nitrogens is 3. The maximum absolute atomic E-state index is 12.9. The Balaban J connectivity index is 1.29. The minimum absolute atomic E-state index is 0.0102. The van der Waals surface area contributed by atoms with Crippen molar-refractivity contribution in [2.24, 2.45) is 10.9 Å². The molecule has 9 heteroatoms. The lowest BCUT2D eigenvalue weighted by atomic mass is 9.90. The van der Waals surface area contributed by atoms with E-state index in [0.717, 1.165) is 33.3 Å². The zero-order valence-corrected chi connectivity index (χ0v) is 23.0. The van der Waals surface area contributed by atoms with Crippen molar-refractivity contribution in [1.82, 2.24) is 14.6 Å². The van der Waals surface area contributed by atoms with Crippen molar-refractivity contribution in [3.05, 3.63) is 87.8 Å². The largest absolute Gasteiger partial charge is 0.367 e. The number of Topliss-reactive ketones (excluding diaryl/α,β-unsaturated/α-hetero) is 1. The summed E-state index contributed by atoms with van der Waals surface area (Å²) < 4.78 is 1.80. The highest BCUT2D eigenvalue weighted by Gasteiger charge is 2.27. The fourth-order valence-electron chi connectivity index (χ4n) is 4.10. The summed E-state index contributed by atoms with van der Waals surface area (Å²) in [5.74, 6) is 1.30. The molecule has 2 heterocycles. The highest BCUT2D eigenvalue weighted by molar-refractivity contribution is 8.04. The van der Waals surface area contributed by atoms with Gasteiger partial charge in [0, 0.05) is 35.2 Å². The van der Waals surface area contributed by atoms with E-state index < -0.39 is 0 Å². The monoisotopic (exact) mass is 541 g/mol. The first-order chi connectivity index (χ1) is 18.4. The molecule has 192 valence electrons. The van der Waals surface area contributed by atoms with E-state index in [4.69, 9.17) is 4.98 Å². The van der Waals surface area contributed by atoms with Crippen molar-refractivity contribution in [1.29, 1.82) is 0 Å². The minimum Gasteiger partial charge on any atom is -0.367 e. The minimum atomic E-state index is -0.0810. The van der Waals surface area contributed by atoms with Crippen LogP contribution >= 0.6 is 23.1 Å². The summed E-state index contributed by atoms with van der Waals surface area (Å²) >= 11 is 2.89. The molecule has 0 aliphatic heterocycles. The van der Waals surface area contributed by atoms with Gasteiger partial charge in [-0.25, -0.2) is 4.98 Å². The van der Waals surface area contributed by atoms with Crippen LogP contribution in [0.25, 0.3) is 16.2 Å². The van der Waals surface area contributed by atoms with E-state index in [2.05, 4.69) is 15.4 Å². The van der Waals surface area contributed by atoms with Crippen LogP contribution in [-0.4, -0.2) is 44.7 Å². The fourth-order valence-corrected chi connectivity index (χ4v) is 5.69. The normalized spacial score (nSPS) is 14.3. The molecule has 0 fully saturated rings. The van der Waals surface area contributed by atoms with Gasteiger partial charge in [0.05, 0.1) is 10.6 Å². The van der Waals surface area contributed by atoms with Crippen LogP contribution in [0.4, 0.5) is 11.5 Å². The molecule has 38 heavy (non-hydrogen) atoms. The lowest BCUT2D eigenvalue weighted by Gasteiger charge is -2.19. The van der Waals surface area contributed by atoms with Crippen LogP contribution in [0.15, 0.2) is 87.2 Å². The number of rotatable bonds is 9. The summed E-state index contributed by atoms with van der Waals surface area (Å²) in [4.78, 5) is 36.0. The molecule has 1 aliphatic rings. The van der Waals surface area contributed by atoms with E-state index in [1.165, 1.54) is 29.2 Å². The summed E-state index contributed by atoms with van der Waals surface area (Å²) in [5.41, 5.74) is 6.51. The molecule has 0 unspecified atom stereocenters. The highest BCUT2D eigenvalue weighted by atomic mass is 32.2. The molecule has 2 aromatic heterocycles. The Morgan fingerprint density at radius 1 is 1.11 bits per heavy atom. The lowest BCUT2D eigenvalue weighted by Crippen LogP contribution is -2.20. The molecule has 0 atom stereocenters. The van der Waals surface area contributed by atoms with Gasteiger partial charge in [-0.1, -0.05) is 67.6 Å². The molecule has 4 aromatic rings. The number of hydrogen-bond acceptors (Lipinski definition) is 8. The number of imidazole rings is 1. The van der Waals surface area contributed by atoms with E-state index in [1.54, 1.807) is 16.9 Å².